The molecule has 0 saturated heterocycles. The Hall–Kier alpha value is -1.49. The Morgan fingerprint density at radius 3 is 2.67 bits per heavy atom. The lowest BCUT2D eigenvalue weighted by Crippen LogP contribution is -1.99. The van der Waals surface area contributed by atoms with E-state index in [1.807, 2.05) is 18.2 Å². The molecule has 0 atom stereocenters. The number of aromatic nitrogens is 3. The van der Waals surface area contributed by atoms with Crippen molar-refractivity contribution in [3.8, 4) is 17.1 Å². The molecule has 2 rings (SSSR count). The summed E-state index contributed by atoms with van der Waals surface area (Å²) in [6.07, 6.45) is 1.71. The van der Waals surface area contributed by atoms with E-state index in [4.69, 9.17) is 4.74 Å². The SMILES string of the molecule is COc1cc(-c2cc(Br)nc(C(C)C)n2)ccn1. The predicted octanol–water partition coefficient (Wildman–Crippen LogP) is 3.43. The van der Waals surface area contributed by atoms with Crippen LogP contribution in [0.3, 0.4) is 0 Å². The number of halogens is 1. The van der Waals surface area contributed by atoms with Crippen LogP contribution >= 0.6 is 15.9 Å². The summed E-state index contributed by atoms with van der Waals surface area (Å²) in [5.41, 5.74) is 1.83. The van der Waals surface area contributed by atoms with Gasteiger partial charge in [-0.1, -0.05) is 13.8 Å². The standard InChI is InChI=1S/C13H14BrN3O/c1-8(2)13-16-10(7-11(14)17-13)9-4-5-15-12(6-9)18-3/h4-8H,1-3H3. The largest absolute Gasteiger partial charge is 0.481 e. The highest BCUT2D eigenvalue weighted by atomic mass is 79.9. The molecular formula is C13H14BrN3O. The Labute approximate surface area is 115 Å². The van der Waals surface area contributed by atoms with Crippen LogP contribution in [0.5, 0.6) is 5.88 Å². The van der Waals surface area contributed by atoms with Gasteiger partial charge in [0.05, 0.1) is 12.8 Å². The van der Waals surface area contributed by atoms with Crippen molar-refractivity contribution in [1.82, 2.24) is 15.0 Å². The van der Waals surface area contributed by atoms with Gasteiger partial charge >= 0.3 is 0 Å². The summed E-state index contributed by atoms with van der Waals surface area (Å²) in [5.74, 6) is 1.67. The van der Waals surface area contributed by atoms with Gasteiger partial charge in [0.25, 0.3) is 0 Å². The third-order valence-corrected chi connectivity index (χ3v) is 2.87. The Morgan fingerprint density at radius 1 is 1.22 bits per heavy atom. The normalized spacial score (nSPS) is 10.7. The molecule has 2 heterocycles. The van der Waals surface area contributed by atoms with E-state index in [-0.39, 0.29) is 5.92 Å². The molecule has 4 nitrogen and oxygen atoms in total. The lowest BCUT2D eigenvalue weighted by Gasteiger charge is -2.08. The lowest BCUT2D eigenvalue weighted by atomic mass is 10.1. The third kappa shape index (κ3) is 2.85. The summed E-state index contributed by atoms with van der Waals surface area (Å²) in [6.45, 7) is 4.14. The Kier molecular flexibility index (Phi) is 3.91. The van der Waals surface area contributed by atoms with Gasteiger partial charge in [-0.25, -0.2) is 15.0 Å². The second-order valence-electron chi connectivity index (χ2n) is 4.18. The molecule has 0 aromatic carbocycles. The maximum atomic E-state index is 5.12. The highest BCUT2D eigenvalue weighted by Gasteiger charge is 2.09. The number of hydrogen-bond acceptors (Lipinski definition) is 4. The van der Waals surface area contributed by atoms with Crippen molar-refractivity contribution in [2.75, 3.05) is 7.11 Å². The fourth-order valence-electron chi connectivity index (χ4n) is 1.52. The number of hydrogen-bond donors (Lipinski definition) is 0. The average molecular weight is 308 g/mol. The summed E-state index contributed by atoms with van der Waals surface area (Å²) in [4.78, 5) is 13.0. The van der Waals surface area contributed by atoms with Crippen molar-refractivity contribution >= 4 is 15.9 Å². The van der Waals surface area contributed by atoms with Crippen molar-refractivity contribution in [3.63, 3.8) is 0 Å². The van der Waals surface area contributed by atoms with E-state index in [2.05, 4.69) is 44.7 Å². The highest BCUT2D eigenvalue weighted by molar-refractivity contribution is 9.10. The summed E-state index contributed by atoms with van der Waals surface area (Å²) in [5, 5.41) is 0. The minimum Gasteiger partial charge on any atom is -0.481 e. The number of pyridine rings is 1. The van der Waals surface area contributed by atoms with Crippen molar-refractivity contribution < 1.29 is 4.74 Å². The van der Waals surface area contributed by atoms with Gasteiger partial charge in [0, 0.05) is 23.7 Å². The van der Waals surface area contributed by atoms with Crippen LogP contribution in [0.15, 0.2) is 29.0 Å². The molecule has 2 aromatic rings. The minimum atomic E-state index is 0.282. The molecular weight excluding hydrogens is 294 g/mol. The molecule has 0 aliphatic rings. The topological polar surface area (TPSA) is 47.9 Å². The van der Waals surface area contributed by atoms with Gasteiger partial charge in [-0.15, -0.1) is 0 Å². The van der Waals surface area contributed by atoms with Crippen LogP contribution in [0.1, 0.15) is 25.6 Å². The summed E-state index contributed by atoms with van der Waals surface area (Å²) in [6, 6.07) is 5.65. The van der Waals surface area contributed by atoms with E-state index in [1.54, 1.807) is 13.3 Å². The van der Waals surface area contributed by atoms with Crippen LogP contribution in [0.25, 0.3) is 11.3 Å². The molecule has 0 bridgehead atoms. The van der Waals surface area contributed by atoms with Crippen LogP contribution in [0, 0.1) is 0 Å². The maximum Gasteiger partial charge on any atom is 0.213 e. The first-order valence-electron chi connectivity index (χ1n) is 5.65. The van der Waals surface area contributed by atoms with Gasteiger partial charge in [0.15, 0.2) is 0 Å². The third-order valence-electron chi connectivity index (χ3n) is 2.47. The van der Waals surface area contributed by atoms with Crippen LogP contribution in [-0.4, -0.2) is 22.1 Å². The van der Waals surface area contributed by atoms with E-state index in [1.165, 1.54) is 0 Å². The van der Waals surface area contributed by atoms with Crippen molar-refractivity contribution in [3.05, 3.63) is 34.8 Å². The monoisotopic (exact) mass is 307 g/mol. The molecule has 0 unspecified atom stereocenters. The van der Waals surface area contributed by atoms with Crippen LogP contribution in [0.2, 0.25) is 0 Å². The molecule has 0 fully saturated rings. The predicted molar refractivity (Wildman–Crippen MR) is 73.6 cm³/mol. The lowest BCUT2D eigenvalue weighted by molar-refractivity contribution is 0.398. The molecule has 0 aliphatic carbocycles. The second-order valence-corrected chi connectivity index (χ2v) is 4.99. The fraction of sp³-hybridized carbons (Fsp3) is 0.308. The molecule has 0 saturated carbocycles. The first-order valence-corrected chi connectivity index (χ1v) is 6.44. The number of ether oxygens (including phenoxy) is 1. The number of methoxy groups -OCH3 is 1. The van der Waals surface area contributed by atoms with E-state index >= 15 is 0 Å². The molecule has 0 amide bonds. The van der Waals surface area contributed by atoms with E-state index in [0.717, 1.165) is 21.7 Å². The van der Waals surface area contributed by atoms with E-state index < -0.39 is 0 Å². The average Bonchev–Trinajstić information content (AvgIpc) is 2.38. The Balaban J connectivity index is 2.49. The first-order chi connectivity index (χ1) is 8.60. The Bertz CT molecular complexity index is 558. The first kappa shape index (κ1) is 13.0. The van der Waals surface area contributed by atoms with Gasteiger partial charge in [0.1, 0.15) is 10.4 Å². The molecule has 0 radical (unpaired) electrons. The van der Waals surface area contributed by atoms with Crippen molar-refractivity contribution in [1.29, 1.82) is 0 Å². The van der Waals surface area contributed by atoms with Gasteiger partial charge in [-0.3, -0.25) is 0 Å². The Morgan fingerprint density at radius 2 is 2.00 bits per heavy atom. The highest BCUT2D eigenvalue weighted by Crippen LogP contribution is 2.24. The smallest absolute Gasteiger partial charge is 0.213 e. The van der Waals surface area contributed by atoms with Gasteiger partial charge in [-0.05, 0) is 28.1 Å². The molecule has 18 heavy (non-hydrogen) atoms. The van der Waals surface area contributed by atoms with E-state index in [9.17, 15) is 0 Å². The van der Waals surface area contributed by atoms with Gasteiger partial charge in [0.2, 0.25) is 5.88 Å². The summed E-state index contributed by atoms with van der Waals surface area (Å²) >= 11 is 3.42. The maximum absolute atomic E-state index is 5.12. The van der Waals surface area contributed by atoms with Crippen molar-refractivity contribution in [2.45, 2.75) is 19.8 Å². The van der Waals surface area contributed by atoms with Crippen LogP contribution < -0.4 is 4.74 Å². The zero-order chi connectivity index (χ0) is 13.1. The quantitative estimate of drug-likeness (QED) is 0.815. The number of nitrogens with zero attached hydrogens (tertiary/aromatic N) is 3. The fourth-order valence-corrected chi connectivity index (χ4v) is 1.92. The van der Waals surface area contributed by atoms with Crippen LogP contribution in [0.4, 0.5) is 0 Å². The van der Waals surface area contributed by atoms with Gasteiger partial charge < -0.3 is 4.74 Å². The zero-order valence-corrected chi connectivity index (χ0v) is 12.1. The molecule has 0 spiro atoms. The molecule has 94 valence electrons. The number of rotatable bonds is 3. The van der Waals surface area contributed by atoms with E-state index in [0.29, 0.717) is 5.88 Å². The molecule has 5 heteroatoms. The van der Waals surface area contributed by atoms with Crippen LogP contribution in [-0.2, 0) is 0 Å². The molecule has 2 aromatic heterocycles. The minimum absolute atomic E-state index is 0.282. The van der Waals surface area contributed by atoms with Gasteiger partial charge in [-0.2, -0.15) is 0 Å². The summed E-state index contributed by atoms with van der Waals surface area (Å²) in [7, 11) is 1.60. The zero-order valence-electron chi connectivity index (χ0n) is 10.5. The molecule has 0 aliphatic heterocycles. The summed E-state index contributed by atoms with van der Waals surface area (Å²) < 4.78 is 5.90. The van der Waals surface area contributed by atoms with Crippen molar-refractivity contribution in [2.24, 2.45) is 0 Å². The molecule has 0 N–H and O–H groups in total. The second kappa shape index (κ2) is 5.44.